The van der Waals surface area contributed by atoms with Crippen LogP contribution in [0.2, 0.25) is 0 Å². The van der Waals surface area contributed by atoms with Crippen molar-refractivity contribution in [3.63, 3.8) is 0 Å². The van der Waals surface area contributed by atoms with E-state index < -0.39 is 0 Å². The second kappa shape index (κ2) is 8.78. The van der Waals surface area contributed by atoms with E-state index in [9.17, 15) is 4.79 Å². The second-order valence-electron chi connectivity index (χ2n) is 7.04. The molecule has 1 N–H and O–H groups in total. The molecule has 0 fully saturated rings. The zero-order chi connectivity index (χ0) is 21.8. The number of amides is 1. The summed E-state index contributed by atoms with van der Waals surface area (Å²) in [5, 5.41) is 6.80. The van der Waals surface area contributed by atoms with Crippen molar-refractivity contribution in [1.82, 2.24) is 24.7 Å². The van der Waals surface area contributed by atoms with E-state index in [1.165, 1.54) is 6.33 Å². The monoisotopic (exact) mass is 418 g/mol. The second-order valence-corrected chi connectivity index (χ2v) is 7.04. The number of aryl methyl sites for hydroxylation is 3. The molecule has 4 rings (SSSR count). The Bertz CT molecular complexity index is 1180. The zero-order valence-corrected chi connectivity index (χ0v) is 17.5. The highest BCUT2D eigenvalue weighted by Crippen LogP contribution is 2.23. The third-order valence-corrected chi connectivity index (χ3v) is 4.84. The number of aromatic nitrogens is 5. The molecule has 0 aliphatic carbocycles. The van der Waals surface area contributed by atoms with Gasteiger partial charge in [0.25, 0.3) is 0 Å². The number of nitrogens with zero attached hydrogens (tertiary/aromatic N) is 5. The Hall–Kier alpha value is -4.01. The molecular weight excluding hydrogens is 396 g/mol. The number of anilines is 1. The lowest BCUT2D eigenvalue weighted by Crippen LogP contribution is -2.12. The van der Waals surface area contributed by atoms with E-state index in [-0.39, 0.29) is 5.91 Å². The smallest absolute Gasteiger partial charge is 0.224 e. The number of imidazole rings is 1. The molecule has 0 saturated heterocycles. The van der Waals surface area contributed by atoms with Crippen LogP contribution in [-0.2, 0) is 11.2 Å². The molecule has 3 aromatic heterocycles. The average Bonchev–Trinajstić information content (AvgIpc) is 3.33. The fraction of sp³-hybridized carbons (Fsp3) is 0.227. The Morgan fingerprint density at radius 1 is 1.13 bits per heavy atom. The third kappa shape index (κ3) is 4.77. The number of carbonyl (C=O) groups is 1. The number of nitrogens with one attached hydrogen (secondary N) is 1. The van der Waals surface area contributed by atoms with Crippen LogP contribution in [0.25, 0.3) is 5.82 Å². The Kier molecular flexibility index (Phi) is 5.74. The van der Waals surface area contributed by atoms with Crippen LogP contribution in [0.15, 0.2) is 53.6 Å². The molecule has 0 radical (unpaired) electrons. The quantitative estimate of drug-likeness (QED) is 0.484. The zero-order valence-electron chi connectivity index (χ0n) is 17.5. The lowest BCUT2D eigenvalue weighted by molar-refractivity contribution is -0.116. The number of benzene rings is 1. The summed E-state index contributed by atoms with van der Waals surface area (Å²) in [6.45, 7) is 5.62. The molecule has 1 amide bonds. The maximum atomic E-state index is 12.3. The Balaban J connectivity index is 1.35. The van der Waals surface area contributed by atoms with Crippen molar-refractivity contribution in [2.24, 2.45) is 0 Å². The first-order valence-electron chi connectivity index (χ1n) is 9.81. The van der Waals surface area contributed by atoms with E-state index in [0.29, 0.717) is 36.0 Å². The average molecular weight is 418 g/mol. The van der Waals surface area contributed by atoms with Gasteiger partial charge in [0.05, 0.1) is 5.69 Å². The van der Waals surface area contributed by atoms with E-state index in [0.717, 1.165) is 22.8 Å². The molecule has 0 bridgehead atoms. The lowest BCUT2D eigenvalue weighted by atomic mass is 10.1. The summed E-state index contributed by atoms with van der Waals surface area (Å²) < 4.78 is 12.8. The summed E-state index contributed by atoms with van der Waals surface area (Å²) in [7, 11) is 0. The highest BCUT2D eigenvalue weighted by atomic mass is 16.5. The van der Waals surface area contributed by atoms with Crippen molar-refractivity contribution < 1.29 is 14.1 Å². The molecule has 9 nitrogen and oxygen atoms in total. The van der Waals surface area contributed by atoms with Gasteiger partial charge in [-0.1, -0.05) is 5.16 Å². The fourth-order valence-electron chi connectivity index (χ4n) is 3.19. The predicted octanol–water partition coefficient (Wildman–Crippen LogP) is 3.94. The van der Waals surface area contributed by atoms with Gasteiger partial charge in [-0.3, -0.25) is 9.36 Å². The molecule has 0 unspecified atom stereocenters. The van der Waals surface area contributed by atoms with Gasteiger partial charge in [0.1, 0.15) is 29.5 Å². The molecule has 0 aliphatic heterocycles. The Labute approximate surface area is 179 Å². The van der Waals surface area contributed by atoms with Gasteiger partial charge in [0.2, 0.25) is 11.8 Å². The Morgan fingerprint density at radius 2 is 1.94 bits per heavy atom. The van der Waals surface area contributed by atoms with Crippen molar-refractivity contribution in [3.05, 3.63) is 71.9 Å². The van der Waals surface area contributed by atoms with Crippen molar-refractivity contribution in [3.8, 4) is 17.4 Å². The van der Waals surface area contributed by atoms with Crippen LogP contribution < -0.4 is 10.1 Å². The standard InChI is InChI=1S/C22H22N6O3/c1-14-19(15(2)31-27-14)8-9-21(29)26-17-4-6-18(7-5-17)30-22-12-20(24-13-25-22)28-11-10-23-16(28)3/h4-7,10-13H,8-9H2,1-3H3,(H,26,29). The van der Waals surface area contributed by atoms with E-state index in [1.807, 2.05) is 31.5 Å². The summed E-state index contributed by atoms with van der Waals surface area (Å²) in [5.74, 6) is 3.17. The lowest BCUT2D eigenvalue weighted by Gasteiger charge is -2.09. The highest BCUT2D eigenvalue weighted by molar-refractivity contribution is 5.90. The van der Waals surface area contributed by atoms with Gasteiger partial charge in [0.15, 0.2) is 0 Å². The van der Waals surface area contributed by atoms with E-state index >= 15 is 0 Å². The number of rotatable bonds is 7. The van der Waals surface area contributed by atoms with E-state index in [2.05, 4.69) is 25.4 Å². The maximum Gasteiger partial charge on any atom is 0.224 e. The molecule has 0 saturated carbocycles. The molecular formula is C22H22N6O3. The largest absolute Gasteiger partial charge is 0.439 e. The summed E-state index contributed by atoms with van der Waals surface area (Å²) in [6, 6.07) is 8.85. The summed E-state index contributed by atoms with van der Waals surface area (Å²) >= 11 is 0. The van der Waals surface area contributed by atoms with E-state index in [4.69, 9.17) is 9.26 Å². The van der Waals surface area contributed by atoms with Crippen LogP contribution in [0.3, 0.4) is 0 Å². The topological polar surface area (TPSA) is 108 Å². The van der Waals surface area contributed by atoms with Crippen LogP contribution >= 0.6 is 0 Å². The van der Waals surface area contributed by atoms with Crippen LogP contribution in [0.1, 0.15) is 29.3 Å². The van der Waals surface area contributed by atoms with Crippen molar-refractivity contribution in [2.45, 2.75) is 33.6 Å². The van der Waals surface area contributed by atoms with Gasteiger partial charge >= 0.3 is 0 Å². The summed E-state index contributed by atoms with van der Waals surface area (Å²) in [4.78, 5) is 24.9. The SMILES string of the molecule is Cc1noc(C)c1CCC(=O)Nc1ccc(Oc2cc(-n3ccnc3C)ncn2)cc1. The van der Waals surface area contributed by atoms with Gasteiger partial charge < -0.3 is 14.6 Å². The molecule has 4 aromatic rings. The molecule has 9 heteroatoms. The van der Waals surface area contributed by atoms with Gasteiger partial charge in [0, 0.05) is 36.1 Å². The first-order valence-corrected chi connectivity index (χ1v) is 9.81. The highest BCUT2D eigenvalue weighted by Gasteiger charge is 2.11. The van der Waals surface area contributed by atoms with Gasteiger partial charge in [-0.2, -0.15) is 0 Å². The normalized spacial score (nSPS) is 10.8. The number of hydrogen-bond acceptors (Lipinski definition) is 7. The van der Waals surface area contributed by atoms with Crippen LogP contribution in [-0.4, -0.2) is 30.6 Å². The van der Waals surface area contributed by atoms with Gasteiger partial charge in [-0.25, -0.2) is 15.0 Å². The number of carbonyl (C=O) groups excluding carboxylic acids is 1. The molecule has 0 spiro atoms. The predicted molar refractivity (Wildman–Crippen MR) is 113 cm³/mol. The molecule has 158 valence electrons. The van der Waals surface area contributed by atoms with Gasteiger partial charge in [-0.05, 0) is 51.5 Å². The molecule has 0 atom stereocenters. The summed E-state index contributed by atoms with van der Waals surface area (Å²) in [6.07, 6.45) is 5.90. The first kappa shape index (κ1) is 20.3. The molecule has 3 heterocycles. The minimum atomic E-state index is -0.0789. The minimum absolute atomic E-state index is 0.0789. The van der Waals surface area contributed by atoms with Crippen molar-refractivity contribution in [1.29, 1.82) is 0 Å². The minimum Gasteiger partial charge on any atom is -0.439 e. The maximum absolute atomic E-state index is 12.3. The molecule has 31 heavy (non-hydrogen) atoms. The summed E-state index contributed by atoms with van der Waals surface area (Å²) in [5.41, 5.74) is 2.49. The first-order chi connectivity index (χ1) is 15.0. The van der Waals surface area contributed by atoms with Crippen LogP contribution in [0.4, 0.5) is 5.69 Å². The molecule has 0 aliphatic rings. The molecule has 1 aromatic carbocycles. The third-order valence-electron chi connectivity index (χ3n) is 4.84. The van der Waals surface area contributed by atoms with Crippen LogP contribution in [0.5, 0.6) is 11.6 Å². The van der Waals surface area contributed by atoms with Gasteiger partial charge in [-0.15, -0.1) is 0 Å². The fourth-order valence-corrected chi connectivity index (χ4v) is 3.19. The van der Waals surface area contributed by atoms with E-state index in [1.54, 1.807) is 36.5 Å². The van der Waals surface area contributed by atoms with Crippen molar-refractivity contribution in [2.75, 3.05) is 5.32 Å². The number of hydrogen-bond donors (Lipinski definition) is 1. The van der Waals surface area contributed by atoms with Crippen molar-refractivity contribution >= 4 is 11.6 Å². The number of ether oxygens (including phenoxy) is 1. The van der Waals surface area contributed by atoms with Crippen LogP contribution in [0, 0.1) is 20.8 Å². The Morgan fingerprint density at radius 3 is 2.61 bits per heavy atom.